The second-order valence-corrected chi connectivity index (χ2v) is 9.15. The van der Waals surface area contributed by atoms with Crippen LogP contribution in [0.15, 0.2) is 42.5 Å². The van der Waals surface area contributed by atoms with Gasteiger partial charge in [0.15, 0.2) is 0 Å². The molecule has 1 saturated heterocycles. The molecule has 0 saturated carbocycles. The van der Waals surface area contributed by atoms with Crippen molar-refractivity contribution in [3.05, 3.63) is 63.6 Å². The zero-order valence-corrected chi connectivity index (χ0v) is 20.0. The van der Waals surface area contributed by atoms with Crippen molar-refractivity contribution in [2.45, 2.75) is 39.2 Å². The van der Waals surface area contributed by atoms with Crippen molar-refractivity contribution in [2.75, 3.05) is 11.4 Å². The number of benzene rings is 2. The highest BCUT2D eigenvalue weighted by molar-refractivity contribution is 6.38. The highest BCUT2D eigenvalue weighted by atomic mass is 35.5. The van der Waals surface area contributed by atoms with Crippen molar-refractivity contribution in [2.24, 2.45) is 5.73 Å². The van der Waals surface area contributed by atoms with E-state index in [1.165, 1.54) is 18.2 Å². The largest absolute Gasteiger partial charge is 0.480 e. The molecule has 0 unspecified atom stereocenters. The van der Waals surface area contributed by atoms with Crippen LogP contribution in [0.25, 0.3) is 0 Å². The number of carboxylic acid groups (broad SMARTS) is 1. The van der Waals surface area contributed by atoms with Crippen LogP contribution in [0.2, 0.25) is 10.0 Å². The van der Waals surface area contributed by atoms with Gasteiger partial charge >= 0.3 is 12.0 Å². The maximum absolute atomic E-state index is 12.9. The summed E-state index contributed by atoms with van der Waals surface area (Å²) in [5.74, 6) is -2.11. The molecule has 0 bridgehead atoms. The second kappa shape index (κ2) is 10.8. The van der Waals surface area contributed by atoms with Gasteiger partial charge in [0.05, 0.1) is 23.8 Å². The fraction of sp³-hybridized carbons (Fsp3) is 0.304. The predicted molar refractivity (Wildman–Crippen MR) is 126 cm³/mol. The van der Waals surface area contributed by atoms with Crippen molar-refractivity contribution in [1.29, 1.82) is 0 Å². The molecule has 1 aliphatic heterocycles. The molecule has 1 heterocycles. The van der Waals surface area contributed by atoms with Gasteiger partial charge in [-0.1, -0.05) is 68.2 Å². The Hall–Kier alpha value is -2.94. The molecule has 1 fully saturated rings. The molecular weight excluding hydrogens is 469 g/mol. The number of hydrogen-bond donors (Lipinski definition) is 2. The molecule has 3 N–H and O–H groups in total. The van der Waals surface area contributed by atoms with E-state index in [4.69, 9.17) is 28.3 Å². The van der Waals surface area contributed by atoms with Crippen LogP contribution in [0.3, 0.4) is 0 Å². The average molecular weight is 494 g/mol. The highest BCUT2D eigenvalue weighted by Gasteiger charge is 2.39. The van der Waals surface area contributed by atoms with Crippen molar-refractivity contribution in [3.63, 3.8) is 0 Å². The van der Waals surface area contributed by atoms with E-state index in [0.29, 0.717) is 5.02 Å². The van der Waals surface area contributed by atoms with Crippen LogP contribution < -0.4 is 10.6 Å². The van der Waals surface area contributed by atoms with Crippen LogP contribution in [0.5, 0.6) is 0 Å². The number of carboxylic acids is 1. The normalized spacial score (nSPS) is 14.2. The Kier molecular flexibility index (Phi) is 8.60. The number of nitrogens with zero attached hydrogens (tertiary/aromatic N) is 2. The summed E-state index contributed by atoms with van der Waals surface area (Å²) < 4.78 is 0. The molecule has 10 heteroatoms. The molecule has 2 aromatic rings. The van der Waals surface area contributed by atoms with Crippen molar-refractivity contribution < 1.29 is 24.3 Å². The standard InChI is InChI=1S/C21H20Cl2N2O3.C2H5NO2/c1-21(2,3)14-6-4-13(5-7-14)12-24-18(26)11-19(27)25(20(24)28)17-9-8-15(22)10-16(17)23;3-1-2(4)5/h4-10H,11-12H2,1-3H3;1,3H2,(H,4,5). The van der Waals surface area contributed by atoms with Crippen molar-refractivity contribution in [1.82, 2.24) is 4.90 Å². The van der Waals surface area contributed by atoms with Crippen LogP contribution in [-0.4, -0.2) is 40.4 Å². The first kappa shape index (κ1) is 26.3. The lowest BCUT2D eigenvalue weighted by atomic mass is 9.87. The number of halogens is 2. The molecule has 0 aliphatic carbocycles. The number of urea groups is 1. The van der Waals surface area contributed by atoms with E-state index in [0.717, 1.165) is 20.9 Å². The van der Waals surface area contributed by atoms with Gasteiger partial charge in [0.2, 0.25) is 11.8 Å². The third-order valence-electron chi connectivity index (χ3n) is 4.76. The van der Waals surface area contributed by atoms with E-state index >= 15 is 0 Å². The Balaban J connectivity index is 0.000000696. The van der Waals surface area contributed by atoms with Crippen LogP contribution in [0, 0.1) is 0 Å². The van der Waals surface area contributed by atoms with Crippen LogP contribution >= 0.6 is 23.2 Å². The van der Waals surface area contributed by atoms with Crippen LogP contribution in [0.1, 0.15) is 38.3 Å². The number of carbonyl (C=O) groups excluding carboxylic acids is 3. The first-order valence-electron chi connectivity index (χ1n) is 9.98. The molecule has 4 amide bonds. The first-order valence-corrected chi connectivity index (χ1v) is 10.7. The fourth-order valence-corrected chi connectivity index (χ4v) is 3.48. The lowest BCUT2D eigenvalue weighted by Gasteiger charge is -2.33. The minimum absolute atomic E-state index is 0.00381. The molecule has 2 aromatic carbocycles. The smallest absolute Gasteiger partial charge is 0.338 e. The number of aliphatic carboxylic acids is 1. The minimum Gasteiger partial charge on any atom is -0.480 e. The number of imide groups is 2. The van der Waals surface area contributed by atoms with E-state index in [9.17, 15) is 19.2 Å². The van der Waals surface area contributed by atoms with Crippen molar-refractivity contribution in [3.8, 4) is 0 Å². The summed E-state index contributed by atoms with van der Waals surface area (Å²) in [4.78, 5) is 48.9. The third-order valence-corrected chi connectivity index (χ3v) is 5.30. The quantitative estimate of drug-likeness (QED) is 0.615. The summed E-state index contributed by atoms with van der Waals surface area (Å²) in [6, 6.07) is 11.5. The Bertz CT molecular complexity index is 1060. The van der Waals surface area contributed by atoms with Crippen molar-refractivity contribution >= 4 is 52.7 Å². The maximum atomic E-state index is 12.9. The molecule has 176 valence electrons. The molecule has 1 aliphatic rings. The van der Waals surface area contributed by atoms with Gasteiger partial charge < -0.3 is 10.8 Å². The van der Waals surface area contributed by atoms with Gasteiger partial charge in [-0.2, -0.15) is 0 Å². The van der Waals surface area contributed by atoms with Gasteiger partial charge in [0, 0.05) is 5.02 Å². The van der Waals surface area contributed by atoms with E-state index in [1.807, 2.05) is 24.3 Å². The number of anilines is 1. The molecule has 8 nitrogen and oxygen atoms in total. The summed E-state index contributed by atoms with van der Waals surface area (Å²) in [7, 11) is 0. The fourth-order valence-electron chi connectivity index (χ4n) is 2.99. The minimum atomic E-state index is -0.968. The van der Waals surface area contributed by atoms with Crippen LogP contribution in [-0.2, 0) is 26.3 Å². The lowest BCUT2D eigenvalue weighted by Crippen LogP contribution is -2.55. The van der Waals surface area contributed by atoms with Crippen LogP contribution in [0.4, 0.5) is 10.5 Å². The lowest BCUT2D eigenvalue weighted by molar-refractivity contribution is -0.136. The Morgan fingerprint density at radius 2 is 1.61 bits per heavy atom. The molecule has 3 rings (SSSR count). The summed E-state index contributed by atoms with van der Waals surface area (Å²) >= 11 is 12.1. The summed E-state index contributed by atoms with van der Waals surface area (Å²) in [5.41, 5.74) is 6.73. The third kappa shape index (κ3) is 6.77. The zero-order chi connectivity index (χ0) is 24.9. The summed E-state index contributed by atoms with van der Waals surface area (Å²) in [6.07, 6.45) is -0.398. The highest BCUT2D eigenvalue weighted by Crippen LogP contribution is 2.32. The molecule has 0 aromatic heterocycles. The van der Waals surface area contributed by atoms with Gasteiger partial charge in [0.25, 0.3) is 0 Å². The van der Waals surface area contributed by atoms with E-state index in [-0.39, 0.29) is 29.2 Å². The van der Waals surface area contributed by atoms with Gasteiger partial charge in [-0.3, -0.25) is 19.3 Å². The van der Waals surface area contributed by atoms with E-state index < -0.39 is 30.2 Å². The molecule has 0 spiro atoms. The molecule has 0 radical (unpaired) electrons. The first-order chi connectivity index (χ1) is 15.3. The Morgan fingerprint density at radius 1 is 1.03 bits per heavy atom. The predicted octanol–water partition coefficient (Wildman–Crippen LogP) is 4.21. The maximum Gasteiger partial charge on any atom is 0.338 e. The van der Waals surface area contributed by atoms with E-state index in [2.05, 4.69) is 26.5 Å². The SMILES string of the molecule is CC(C)(C)c1ccc(CN2C(=O)CC(=O)N(c3ccc(Cl)cc3Cl)C2=O)cc1.NCC(=O)O. The number of nitrogens with two attached hydrogens (primary N) is 1. The topological polar surface area (TPSA) is 121 Å². The number of hydrogen-bond acceptors (Lipinski definition) is 5. The number of rotatable bonds is 4. The summed E-state index contributed by atoms with van der Waals surface area (Å²) in [6.45, 7) is 6.13. The zero-order valence-electron chi connectivity index (χ0n) is 18.5. The monoisotopic (exact) mass is 493 g/mol. The van der Waals surface area contributed by atoms with Gasteiger partial charge in [-0.25, -0.2) is 9.69 Å². The van der Waals surface area contributed by atoms with Gasteiger partial charge in [-0.05, 0) is 34.7 Å². The second-order valence-electron chi connectivity index (χ2n) is 8.31. The number of amides is 4. The van der Waals surface area contributed by atoms with Gasteiger partial charge in [0.1, 0.15) is 6.42 Å². The number of carbonyl (C=O) groups is 4. The Morgan fingerprint density at radius 3 is 2.09 bits per heavy atom. The molecular formula is C23H25Cl2N3O5. The summed E-state index contributed by atoms with van der Waals surface area (Å²) in [5, 5.41) is 8.15. The number of barbiturate groups is 1. The molecule has 33 heavy (non-hydrogen) atoms. The van der Waals surface area contributed by atoms with Gasteiger partial charge in [-0.15, -0.1) is 0 Å². The molecule has 0 atom stereocenters. The average Bonchev–Trinajstić information content (AvgIpc) is 2.72. The van der Waals surface area contributed by atoms with E-state index in [1.54, 1.807) is 0 Å². The Labute approximate surface area is 201 Å².